The Balaban J connectivity index is 1.12. The largest absolute Gasteiger partial charge is 0.462 e. The highest BCUT2D eigenvalue weighted by Gasteiger charge is 2.67. The van der Waals surface area contributed by atoms with Crippen LogP contribution in [0.5, 0.6) is 0 Å². The molecule has 0 bridgehead atoms. The van der Waals surface area contributed by atoms with Gasteiger partial charge in [0.15, 0.2) is 0 Å². The molecule has 0 unspecified atom stereocenters. The average molecular weight is 743 g/mol. The van der Waals surface area contributed by atoms with Gasteiger partial charge >= 0.3 is 5.97 Å². The molecule has 5 saturated carbocycles. The van der Waals surface area contributed by atoms with Crippen molar-refractivity contribution in [1.29, 1.82) is 0 Å². The topological polar surface area (TPSA) is 104 Å². The number of aliphatic hydroxyl groups excluding tert-OH is 2. The van der Waals surface area contributed by atoms with Crippen LogP contribution in [0.15, 0.2) is 0 Å². The molecular formula is C47H82O6. The number of carbonyl (C=O) groups is 2. The summed E-state index contributed by atoms with van der Waals surface area (Å²) in [7, 11) is 0. The first kappa shape index (κ1) is 43.1. The van der Waals surface area contributed by atoms with Gasteiger partial charge in [0.2, 0.25) is 0 Å². The van der Waals surface area contributed by atoms with Gasteiger partial charge in [-0.2, -0.15) is 0 Å². The van der Waals surface area contributed by atoms with Crippen LogP contribution in [0.1, 0.15) is 202 Å². The Bertz CT molecular complexity index is 1160. The summed E-state index contributed by atoms with van der Waals surface area (Å²) in [6.45, 7) is 11.1. The highest BCUT2D eigenvalue weighted by atomic mass is 16.5. The Kier molecular flexibility index (Phi) is 15.8. The zero-order valence-corrected chi connectivity index (χ0v) is 34.9. The smallest absolute Gasteiger partial charge is 0.305 e. The molecule has 0 aromatic heterocycles. The third kappa shape index (κ3) is 10.1. The lowest BCUT2D eigenvalue weighted by molar-refractivity contribution is -0.221. The van der Waals surface area contributed by atoms with Crippen molar-refractivity contribution in [2.75, 3.05) is 6.61 Å². The summed E-state index contributed by atoms with van der Waals surface area (Å²) in [5, 5.41) is 36.9. The molecule has 306 valence electrons. The number of unbranched alkanes of at least 4 members (excludes halogenated alkanes) is 14. The van der Waals surface area contributed by atoms with Crippen LogP contribution in [0.3, 0.4) is 0 Å². The van der Waals surface area contributed by atoms with Gasteiger partial charge in [-0.25, -0.2) is 0 Å². The van der Waals surface area contributed by atoms with Gasteiger partial charge < -0.3 is 20.1 Å². The van der Waals surface area contributed by atoms with Crippen LogP contribution in [0.25, 0.3) is 0 Å². The minimum atomic E-state index is -1.60. The lowest BCUT2D eigenvalue weighted by Crippen LogP contribution is -2.63. The molecule has 5 aliphatic rings. The number of ketones is 1. The standard InChI is InChI=1S/C47H82O6/c1-6-7-8-9-10-11-12-13-14-15-16-17-18-19-20-21-44(51)53-32-47(52,43(50)29-34(3)38-28-33(38)2)41-25-24-39-37-23-22-35-30-36(48)26-27-45(35,4)40(37)31-42(49)46(39,41)5/h33-35,37-43,49-50,52H,6-32H2,1-5H3/t33-,34-,35+,37+,38-,39+,40+,41+,42-,43-,45+,46+,47+/m1/s1. The molecule has 0 aromatic rings. The van der Waals surface area contributed by atoms with Crippen LogP contribution >= 0.6 is 0 Å². The Morgan fingerprint density at radius 1 is 0.868 bits per heavy atom. The van der Waals surface area contributed by atoms with Crippen molar-refractivity contribution < 1.29 is 29.6 Å². The minimum absolute atomic E-state index is 0.0753. The molecule has 0 amide bonds. The number of carbonyl (C=O) groups excluding carboxylic acids is 2. The quantitative estimate of drug-likeness (QED) is 0.0711. The molecule has 0 aliphatic heterocycles. The minimum Gasteiger partial charge on any atom is -0.462 e. The molecule has 0 radical (unpaired) electrons. The fourth-order valence-corrected chi connectivity index (χ4v) is 13.0. The number of rotatable bonds is 23. The number of ether oxygens (including phenoxy) is 1. The van der Waals surface area contributed by atoms with Gasteiger partial charge in [0, 0.05) is 30.6 Å². The Morgan fingerprint density at radius 2 is 1.45 bits per heavy atom. The van der Waals surface area contributed by atoms with Crippen molar-refractivity contribution in [2.24, 2.45) is 58.2 Å². The van der Waals surface area contributed by atoms with Crippen LogP contribution in [0.4, 0.5) is 0 Å². The third-order valence-corrected chi connectivity index (χ3v) is 16.7. The van der Waals surface area contributed by atoms with E-state index in [9.17, 15) is 24.9 Å². The van der Waals surface area contributed by atoms with Crippen LogP contribution in [-0.4, -0.2) is 51.5 Å². The second kappa shape index (κ2) is 19.4. The molecule has 0 heterocycles. The Hall–Kier alpha value is -0.980. The van der Waals surface area contributed by atoms with Gasteiger partial charge in [0.05, 0.1) is 12.2 Å². The van der Waals surface area contributed by atoms with Gasteiger partial charge in [0.25, 0.3) is 0 Å². The Labute approximate surface area is 324 Å². The molecule has 5 aliphatic carbocycles. The summed E-state index contributed by atoms with van der Waals surface area (Å²) in [6.07, 6.45) is 26.2. The van der Waals surface area contributed by atoms with Crippen LogP contribution < -0.4 is 0 Å². The maximum absolute atomic E-state index is 13.2. The molecule has 0 aromatic carbocycles. The number of Topliss-reactive ketones (excluding diaryl/α,β-unsaturated/α-hetero) is 1. The van der Waals surface area contributed by atoms with E-state index in [4.69, 9.17) is 4.74 Å². The summed E-state index contributed by atoms with van der Waals surface area (Å²) in [5.74, 6) is 2.73. The molecule has 0 spiro atoms. The lowest BCUT2D eigenvalue weighted by Gasteiger charge is -2.62. The molecule has 6 heteroatoms. The SMILES string of the molecule is CCCCCCCCCCCCCCCCCC(=O)OC[C@@](O)([C@H](O)C[C@@H](C)[C@@H]1C[C@H]1C)[C@H]1CC[C@H]2[C@@H]3CC[C@H]4CC(=O)CC[C@]4(C)[C@H]3C[C@@H](O)[C@]12C. The predicted octanol–water partition coefficient (Wildman–Crippen LogP) is 10.8. The van der Waals surface area contributed by atoms with Gasteiger partial charge in [-0.3, -0.25) is 9.59 Å². The molecule has 13 atom stereocenters. The summed E-state index contributed by atoms with van der Waals surface area (Å²) < 4.78 is 5.94. The van der Waals surface area contributed by atoms with Crippen molar-refractivity contribution in [3.05, 3.63) is 0 Å². The summed E-state index contributed by atoms with van der Waals surface area (Å²) in [4.78, 5) is 25.6. The van der Waals surface area contributed by atoms with E-state index in [0.29, 0.717) is 67.5 Å². The monoisotopic (exact) mass is 743 g/mol. The highest BCUT2D eigenvalue weighted by molar-refractivity contribution is 5.79. The first-order chi connectivity index (χ1) is 25.4. The van der Waals surface area contributed by atoms with E-state index in [0.717, 1.165) is 57.8 Å². The van der Waals surface area contributed by atoms with Gasteiger partial charge in [-0.15, -0.1) is 0 Å². The number of aliphatic hydroxyl groups is 3. The second-order valence-electron chi connectivity index (χ2n) is 20.1. The maximum atomic E-state index is 13.2. The van der Waals surface area contributed by atoms with Crippen molar-refractivity contribution >= 4 is 11.8 Å². The van der Waals surface area contributed by atoms with E-state index < -0.39 is 23.2 Å². The molecule has 3 N–H and O–H groups in total. The van der Waals surface area contributed by atoms with Crippen LogP contribution in [-0.2, 0) is 14.3 Å². The average Bonchev–Trinajstić information content (AvgIpc) is 3.76. The molecule has 53 heavy (non-hydrogen) atoms. The van der Waals surface area contributed by atoms with Gasteiger partial charge in [-0.05, 0) is 105 Å². The van der Waals surface area contributed by atoms with Crippen LogP contribution in [0.2, 0.25) is 0 Å². The zero-order chi connectivity index (χ0) is 38.2. The van der Waals surface area contributed by atoms with Crippen molar-refractivity contribution in [1.82, 2.24) is 0 Å². The van der Waals surface area contributed by atoms with E-state index >= 15 is 0 Å². The van der Waals surface area contributed by atoms with E-state index in [2.05, 4.69) is 34.6 Å². The second-order valence-corrected chi connectivity index (χ2v) is 20.1. The number of hydrogen-bond donors (Lipinski definition) is 3. The molecule has 5 rings (SSSR count). The lowest BCUT2D eigenvalue weighted by atomic mass is 9.43. The molecule has 6 nitrogen and oxygen atoms in total. The van der Waals surface area contributed by atoms with Crippen molar-refractivity contribution in [3.63, 3.8) is 0 Å². The van der Waals surface area contributed by atoms with Gasteiger partial charge in [0.1, 0.15) is 18.0 Å². The normalized spacial score (nSPS) is 37.2. The molecule has 0 saturated heterocycles. The van der Waals surface area contributed by atoms with E-state index in [-0.39, 0.29) is 35.7 Å². The maximum Gasteiger partial charge on any atom is 0.305 e. The van der Waals surface area contributed by atoms with Crippen molar-refractivity contribution in [3.8, 4) is 0 Å². The fraction of sp³-hybridized carbons (Fsp3) is 0.957. The molecule has 5 fully saturated rings. The predicted molar refractivity (Wildman–Crippen MR) is 214 cm³/mol. The highest BCUT2D eigenvalue weighted by Crippen LogP contribution is 2.68. The van der Waals surface area contributed by atoms with E-state index in [1.165, 1.54) is 77.0 Å². The summed E-state index contributed by atoms with van der Waals surface area (Å²) >= 11 is 0. The fourth-order valence-electron chi connectivity index (χ4n) is 13.0. The zero-order valence-electron chi connectivity index (χ0n) is 34.9. The van der Waals surface area contributed by atoms with Crippen LogP contribution in [0, 0.1) is 58.2 Å². The Morgan fingerprint density at radius 3 is 2.04 bits per heavy atom. The summed E-state index contributed by atoms with van der Waals surface area (Å²) in [6, 6.07) is 0. The van der Waals surface area contributed by atoms with E-state index in [1.54, 1.807) is 0 Å². The first-order valence-electron chi connectivity index (χ1n) is 23.1. The van der Waals surface area contributed by atoms with E-state index in [1.807, 2.05) is 0 Å². The molecular weight excluding hydrogens is 661 g/mol. The summed E-state index contributed by atoms with van der Waals surface area (Å²) in [5.41, 5.74) is -2.10. The third-order valence-electron chi connectivity index (χ3n) is 16.7. The first-order valence-corrected chi connectivity index (χ1v) is 23.1. The number of hydrogen-bond acceptors (Lipinski definition) is 6. The van der Waals surface area contributed by atoms with Gasteiger partial charge in [-0.1, -0.05) is 125 Å². The van der Waals surface area contributed by atoms with Crippen molar-refractivity contribution in [2.45, 2.75) is 219 Å². The number of esters is 1. The number of fused-ring (bicyclic) bond motifs is 5.